The third kappa shape index (κ3) is 4.81. The van der Waals surface area contributed by atoms with E-state index in [-0.39, 0.29) is 5.91 Å². The predicted octanol–water partition coefficient (Wildman–Crippen LogP) is 5.13. The molecule has 6 heteroatoms. The molecule has 3 rings (SSSR count). The highest BCUT2D eigenvalue weighted by Crippen LogP contribution is 2.25. The average molecular weight is 395 g/mol. The third-order valence-electron chi connectivity index (χ3n) is 4.50. The van der Waals surface area contributed by atoms with Gasteiger partial charge in [-0.3, -0.25) is 4.79 Å². The molecule has 5 nitrogen and oxygen atoms in total. The summed E-state index contributed by atoms with van der Waals surface area (Å²) in [5.74, 6) is 1.57. The Bertz CT molecular complexity index is 947. The second-order valence-electron chi connectivity index (χ2n) is 7.03. The first kappa shape index (κ1) is 20.1. The molecular formula is C22H26N4OS. The van der Waals surface area contributed by atoms with Gasteiger partial charge in [-0.2, -0.15) is 0 Å². The second kappa shape index (κ2) is 9.06. The van der Waals surface area contributed by atoms with Gasteiger partial charge < -0.3 is 9.88 Å². The number of benzene rings is 2. The molecule has 3 aromatic rings. The fourth-order valence-electron chi connectivity index (χ4n) is 2.96. The predicted molar refractivity (Wildman–Crippen MR) is 116 cm³/mol. The lowest BCUT2D eigenvalue weighted by molar-refractivity contribution is -0.113. The molecular weight excluding hydrogens is 368 g/mol. The zero-order valence-corrected chi connectivity index (χ0v) is 17.6. The van der Waals surface area contributed by atoms with Crippen LogP contribution < -0.4 is 5.32 Å². The van der Waals surface area contributed by atoms with E-state index in [4.69, 9.17) is 0 Å². The van der Waals surface area contributed by atoms with E-state index in [9.17, 15) is 4.79 Å². The van der Waals surface area contributed by atoms with Gasteiger partial charge in [-0.1, -0.05) is 62.0 Å². The Labute approximate surface area is 170 Å². The fourth-order valence-corrected chi connectivity index (χ4v) is 3.76. The van der Waals surface area contributed by atoms with Gasteiger partial charge in [-0.15, -0.1) is 10.2 Å². The van der Waals surface area contributed by atoms with Crippen LogP contribution in [0, 0.1) is 6.92 Å². The zero-order valence-electron chi connectivity index (χ0n) is 16.8. The molecule has 1 heterocycles. The van der Waals surface area contributed by atoms with Gasteiger partial charge in [0.25, 0.3) is 0 Å². The smallest absolute Gasteiger partial charge is 0.234 e. The number of rotatable bonds is 7. The lowest BCUT2D eigenvalue weighted by atomic mass is 10.0. The van der Waals surface area contributed by atoms with Crippen LogP contribution in [0.25, 0.3) is 11.4 Å². The summed E-state index contributed by atoms with van der Waals surface area (Å²) in [5, 5.41) is 12.4. The minimum Gasteiger partial charge on any atom is -0.325 e. The summed E-state index contributed by atoms with van der Waals surface area (Å²) < 4.78 is 2.05. The number of aromatic nitrogens is 3. The Kier molecular flexibility index (Phi) is 6.52. The maximum Gasteiger partial charge on any atom is 0.234 e. The van der Waals surface area contributed by atoms with E-state index in [0.717, 1.165) is 34.3 Å². The molecule has 0 spiro atoms. The van der Waals surface area contributed by atoms with Crippen LogP contribution in [0.15, 0.2) is 53.7 Å². The molecule has 0 atom stereocenters. The van der Waals surface area contributed by atoms with Crippen molar-refractivity contribution in [2.75, 3.05) is 11.1 Å². The fraction of sp³-hybridized carbons (Fsp3) is 0.318. The largest absolute Gasteiger partial charge is 0.325 e. The highest BCUT2D eigenvalue weighted by atomic mass is 32.2. The van der Waals surface area contributed by atoms with Crippen molar-refractivity contribution in [3.8, 4) is 11.4 Å². The van der Waals surface area contributed by atoms with Crippen LogP contribution in [0.5, 0.6) is 0 Å². The molecule has 28 heavy (non-hydrogen) atoms. The van der Waals surface area contributed by atoms with Crippen molar-refractivity contribution in [1.82, 2.24) is 14.8 Å². The van der Waals surface area contributed by atoms with E-state index in [0.29, 0.717) is 11.7 Å². The Balaban J connectivity index is 1.69. The molecule has 1 aromatic heterocycles. The molecule has 0 aliphatic carbocycles. The molecule has 1 amide bonds. The Morgan fingerprint density at radius 1 is 1.14 bits per heavy atom. The van der Waals surface area contributed by atoms with E-state index in [1.807, 2.05) is 31.2 Å². The molecule has 1 N–H and O–H groups in total. The van der Waals surface area contributed by atoms with Gasteiger partial charge in [-0.25, -0.2) is 0 Å². The van der Waals surface area contributed by atoms with Crippen molar-refractivity contribution in [2.45, 2.75) is 45.3 Å². The molecule has 0 aliphatic rings. The van der Waals surface area contributed by atoms with Crippen molar-refractivity contribution >= 4 is 23.4 Å². The van der Waals surface area contributed by atoms with Crippen LogP contribution in [-0.4, -0.2) is 26.4 Å². The average Bonchev–Trinajstić information content (AvgIpc) is 3.09. The van der Waals surface area contributed by atoms with E-state index in [2.05, 4.69) is 65.1 Å². The number of carbonyl (C=O) groups is 1. The summed E-state index contributed by atoms with van der Waals surface area (Å²) in [6.07, 6.45) is 0. The summed E-state index contributed by atoms with van der Waals surface area (Å²) in [6, 6.07) is 16.2. The normalized spacial score (nSPS) is 11.0. The maximum atomic E-state index is 12.3. The van der Waals surface area contributed by atoms with Gasteiger partial charge in [-0.05, 0) is 43.0 Å². The summed E-state index contributed by atoms with van der Waals surface area (Å²) >= 11 is 1.40. The lowest BCUT2D eigenvalue weighted by Crippen LogP contribution is -2.14. The summed E-state index contributed by atoms with van der Waals surface area (Å²) in [5.41, 5.74) is 4.27. The van der Waals surface area contributed by atoms with E-state index < -0.39 is 0 Å². The summed E-state index contributed by atoms with van der Waals surface area (Å²) in [6.45, 7) is 9.17. The van der Waals surface area contributed by atoms with E-state index >= 15 is 0 Å². The van der Waals surface area contributed by atoms with Crippen molar-refractivity contribution < 1.29 is 4.79 Å². The Morgan fingerprint density at radius 3 is 2.54 bits per heavy atom. The maximum absolute atomic E-state index is 12.3. The number of carbonyl (C=O) groups excluding carboxylic acids is 1. The lowest BCUT2D eigenvalue weighted by Gasteiger charge is -2.09. The number of aryl methyl sites for hydroxylation is 1. The molecule has 0 saturated carbocycles. The first-order valence-corrected chi connectivity index (χ1v) is 10.5. The van der Waals surface area contributed by atoms with Gasteiger partial charge in [0.15, 0.2) is 11.0 Å². The quantitative estimate of drug-likeness (QED) is 0.565. The standard InChI is InChI=1S/C22H26N4OS/c1-5-26-21(18-11-9-17(10-12-18)15(2)3)24-25-22(26)28-14-20(27)23-19-8-6-7-16(4)13-19/h6-13,15H,5,14H2,1-4H3,(H,23,27). The van der Waals surface area contributed by atoms with E-state index in [1.54, 1.807) is 0 Å². The van der Waals surface area contributed by atoms with Gasteiger partial charge >= 0.3 is 0 Å². The topological polar surface area (TPSA) is 59.8 Å². The molecule has 2 aromatic carbocycles. The number of hydrogen-bond donors (Lipinski definition) is 1. The molecule has 0 radical (unpaired) electrons. The number of thioether (sulfide) groups is 1. The monoisotopic (exact) mass is 394 g/mol. The second-order valence-corrected chi connectivity index (χ2v) is 7.98. The summed E-state index contributed by atoms with van der Waals surface area (Å²) in [7, 11) is 0. The zero-order chi connectivity index (χ0) is 20.1. The molecule has 0 fully saturated rings. The molecule has 0 unspecified atom stereocenters. The number of nitrogens with zero attached hydrogens (tertiary/aromatic N) is 3. The Hall–Kier alpha value is -2.60. The van der Waals surface area contributed by atoms with Crippen molar-refractivity contribution in [3.63, 3.8) is 0 Å². The number of hydrogen-bond acceptors (Lipinski definition) is 4. The van der Waals surface area contributed by atoms with Crippen LogP contribution in [0.4, 0.5) is 5.69 Å². The number of anilines is 1. The van der Waals surface area contributed by atoms with Crippen molar-refractivity contribution in [2.24, 2.45) is 0 Å². The minimum absolute atomic E-state index is 0.0518. The first-order valence-electron chi connectivity index (χ1n) is 9.50. The van der Waals surface area contributed by atoms with Crippen molar-refractivity contribution in [1.29, 1.82) is 0 Å². The van der Waals surface area contributed by atoms with Gasteiger partial charge in [0.05, 0.1) is 5.75 Å². The van der Waals surface area contributed by atoms with E-state index in [1.165, 1.54) is 17.3 Å². The van der Waals surface area contributed by atoms with Crippen LogP contribution in [0.1, 0.15) is 37.8 Å². The van der Waals surface area contributed by atoms with Crippen molar-refractivity contribution in [3.05, 3.63) is 59.7 Å². The highest BCUT2D eigenvalue weighted by molar-refractivity contribution is 7.99. The van der Waals surface area contributed by atoms with Crippen LogP contribution >= 0.6 is 11.8 Å². The third-order valence-corrected chi connectivity index (χ3v) is 5.47. The number of nitrogens with one attached hydrogen (secondary N) is 1. The highest BCUT2D eigenvalue weighted by Gasteiger charge is 2.15. The molecule has 0 aliphatic heterocycles. The molecule has 146 valence electrons. The first-order chi connectivity index (χ1) is 13.5. The minimum atomic E-state index is -0.0518. The SMILES string of the molecule is CCn1c(SCC(=O)Nc2cccc(C)c2)nnc1-c1ccc(C(C)C)cc1. The molecule has 0 bridgehead atoms. The van der Waals surface area contributed by atoms with Gasteiger partial charge in [0.1, 0.15) is 0 Å². The van der Waals surface area contributed by atoms with Crippen LogP contribution in [0.3, 0.4) is 0 Å². The number of amides is 1. The van der Waals surface area contributed by atoms with Crippen LogP contribution in [-0.2, 0) is 11.3 Å². The summed E-state index contributed by atoms with van der Waals surface area (Å²) in [4.78, 5) is 12.3. The Morgan fingerprint density at radius 2 is 1.89 bits per heavy atom. The van der Waals surface area contributed by atoms with Crippen LogP contribution in [0.2, 0.25) is 0 Å². The molecule has 0 saturated heterocycles. The van der Waals surface area contributed by atoms with Gasteiger partial charge in [0, 0.05) is 17.8 Å². The van der Waals surface area contributed by atoms with Gasteiger partial charge in [0.2, 0.25) is 5.91 Å².